The summed E-state index contributed by atoms with van der Waals surface area (Å²) >= 11 is 1.43. The Morgan fingerprint density at radius 3 is 2.68 bits per heavy atom. The Kier molecular flexibility index (Phi) is 2.83. The van der Waals surface area contributed by atoms with E-state index < -0.39 is 0 Å². The van der Waals surface area contributed by atoms with Crippen molar-refractivity contribution in [3.8, 4) is 16.9 Å². The molecular weight excluding hydrogens is 260 g/mol. The van der Waals surface area contributed by atoms with Gasteiger partial charge in [0, 0.05) is 18.0 Å². The zero-order valence-corrected chi connectivity index (χ0v) is 11.4. The Hall–Kier alpha value is -2.14. The quantitative estimate of drug-likeness (QED) is 0.720. The van der Waals surface area contributed by atoms with Gasteiger partial charge in [0.1, 0.15) is 10.4 Å². The number of rotatable bonds is 2. The van der Waals surface area contributed by atoms with E-state index in [-0.39, 0.29) is 5.56 Å². The molecule has 96 valence electrons. The molecule has 0 saturated heterocycles. The molecule has 0 N–H and O–H groups in total. The number of ether oxygens (including phenoxy) is 1. The first kappa shape index (κ1) is 11.9. The summed E-state index contributed by atoms with van der Waals surface area (Å²) in [5.74, 6) is 0.812. The van der Waals surface area contributed by atoms with Gasteiger partial charge >= 0.3 is 0 Å². The van der Waals surface area contributed by atoms with Crippen LogP contribution in [0.1, 0.15) is 0 Å². The maximum Gasteiger partial charge on any atom is 0.271 e. The van der Waals surface area contributed by atoms with Gasteiger partial charge in [-0.3, -0.25) is 4.79 Å². The molecule has 1 aromatic carbocycles. The molecule has 0 saturated carbocycles. The number of fused-ring (bicyclic) bond motifs is 1. The molecule has 5 heteroatoms. The Morgan fingerprint density at radius 1 is 1.26 bits per heavy atom. The summed E-state index contributed by atoms with van der Waals surface area (Å²) in [7, 11) is 3.35. The Morgan fingerprint density at radius 2 is 2.00 bits per heavy atom. The van der Waals surface area contributed by atoms with Crippen molar-refractivity contribution >= 4 is 21.6 Å². The van der Waals surface area contributed by atoms with Gasteiger partial charge in [-0.05, 0) is 17.7 Å². The van der Waals surface area contributed by atoms with Crippen LogP contribution in [0.2, 0.25) is 0 Å². The van der Waals surface area contributed by atoms with Crippen LogP contribution in [0.5, 0.6) is 5.75 Å². The zero-order valence-electron chi connectivity index (χ0n) is 10.6. The van der Waals surface area contributed by atoms with Crippen molar-refractivity contribution in [2.24, 2.45) is 7.05 Å². The van der Waals surface area contributed by atoms with Crippen molar-refractivity contribution in [2.75, 3.05) is 7.11 Å². The van der Waals surface area contributed by atoms with Gasteiger partial charge in [0.25, 0.3) is 5.56 Å². The number of thiophene rings is 1. The molecule has 3 aromatic rings. The smallest absolute Gasteiger partial charge is 0.271 e. The Balaban J connectivity index is 2.20. The molecular formula is C14H12N2O2S. The fourth-order valence-corrected chi connectivity index (χ4v) is 2.97. The summed E-state index contributed by atoms with van der Waals surface area (Å²) in [6.45, 7) is 0. The second-order valence-electron chi connectivity index (χ2n) is 4.22. The molecule has 0 amide bonds. The van der Waals surface area contributed by atoms with Gasteiger partial charge in [-0.2, -0.15) is 0 Å². The predicted molar refractivity (Wildman–Crippen MR) is 76.8 cm³/mol. The lowest BCUT2D eigenvalue weighted by Crippen LogP contribution is -2.15. The highest BCUT2D eigenvalue weighted by molar-refractivity contribution is 7.17. The topological polar surface area (TPSA) is 44.1 Å². The van der Waals surface area contributed by atoms with Crippen LogP contribution in [0.15, 0.2) is 40.8 Å². The van der Waals surface area contributed by atoms with Crippen LogP contribution in [0.25, 0.3) is 21.3 Å². The van der Waals surface area contributed by atoms with Gasteiger partial charge < -0.3 is 9.30 Å². The molecule has 19 heavy (non-hydrogen) atoms. The van der Waals surface area contributed by atoms with Crippen LogP contribution < -0.4 is 10.3 Å². The van der Waals surface area contributed by atoms with E-state index in [0.29, 0.717) is 4.70 Å². The lowest BCUT2D eigenvalue weighted by atomic mass is 10.1. The van der Waals surface area contributed by atoms with E-state index >= 15 is 0 Å². The summed E-state index contributed by atoms with van der Waals surface area (Å²) in [4.78, 5) is 16.3. The number of benzene rings is 1. The number of methoxy groups -OCH3 is 1. The van der Waals surface area contributed by atoms with Crippen molar-refractivity contribution in [1.82, 2.24) is 9.55 Å². The van der Waals surface area contributed by atoms with Crippen LogP contribution >= 0.6 is 11.3 Å². The fourth-order valence-electron chi connectivity index (χ4n) is 1.96. The number of hydrogen-bond donors (Lipinski definition) is 0. The molecule has 0 aliphatic rings. The third kappa shape index (κ3) is 1.92. The largest absolute Gasteiger partial charge is 0.497 e. The van der Waals surface area contributed by atoms with Gasteiger partial charge in [-0.15, -0.1) is 11.3 Å². The minimum atomic E-state index is -0.00485. The van der Waals surface area contributed by atoms with E-state index in [1.54, 1.807) is 20.5 Å². The minimum Gasteiger partial charge on any atom is -0.497 e. The maximum absolute atomic E-state index is 12.0. The van der Waals surface area contributed by atoms with Crippen LogP contribution in [0.4, 0.5) is 0 Å². The molecule has 0 radical (unpaired) electrons. The average Bonchev–Trinajstić information content (AvgIpc) is 2.87. The Labute approximate surface area is 113 Å². The molecule has 0 aliphatic heterocycles. The third-order valence-corrected chi connectivity index (χ3v) is 4.00. The fraction of sp³-hybridized carbons (Fsp3) is 0.143. The van der Waals surface area contributed by atoms with Crippen molar-refractivity contribution in [2.45, 2.75) is 0 Å². The van der Waals surface area contributed by atoms with Crippen molar-refractivity contribution in [3.05, 3.63) is 46.3 Å². The number of aryl methyl sites for hydroxylation is 1. The van der Waals surface area contributed by atoms with Crippen LogP contribution in [0.3, 0.4) is 0 Å². The molecule has 0 aliphatic carbocycles. The van der Waals surface area contributed by atoms with Gasteiger partial charge in [0.2, 0.25) is 0 Å². The first-order valence-electron chi connectivity index (χ1n) is 5.78. The summed E-state index contributed by atoms with van der Waals surface area (Å²) < 4.78 is 7.33. The molecule has 2 aromatic heterocycles. The van der Waals surface area contributed by atoms with E-state index in [4.69, 9.17) is 4.74 Å². The monoisotopic (exact) mass is 272 g/mol. The highest BCUT2D eigenvalue weighted by Crippen LogP contribution is 2.31. The second-order valence-corrected chi connectivity index (χ2v) is 5.10. The molecule has 0 unspecified atom stereocenters. The van der Waals surface area contributed by atoms with E-state index in [1.165, 1.54) is 15.9 Å². The number of hydrogen-bond acceptors (Lipinski definition) is 4. The summed E-state index contributed by atoms with van der Waals surface area (Å²) in [6.07, 6.45) is 1.56. The normalized spacial score (nSPS) is 10.8. The maximum atomic E-state index is 12.0. The first-order valence-corrected chi connectivity index (χ1v) is 6.66. The summed E-state index contributed by atoms with van der Waals surface area (Å²) in [5, 5.41) is 1.97. The SMILES string of the molecule is COc1ccc(-c2csc3c(=O)n(C)cnc23)cc1. The van der Waals surface area contributed by atoms with E-state index in [9.17, 15) is 4.79 Å². The van der Waals surface area contributed by atoms with Crippen molar-refractivity contribution in [1.29, 1.82) is 0 Å². The van der Waals surface area contributed by atoms with Gasteiger partial charge in [-0.1, -0.05) is 12.1 Å². The summed E-state index contributed by atoms with van der Waals surface area (Å²) in [5.41, 5.74) is 2.78. The van der Waals surface area contributed by atoms with Gasteiger partial charge in [0.05, 0.1) is 19.0 Å². The zero-order chi connectivity index (χ0) is 13.4. The molecule has 4 nitrogen and oxygen atoms in total. The van der Waals surface area contributed by atoms with Crippen molar-refractivity contribution < 1.29 is 4.74 Å². The number of aromatic nitrogens is 2. The Bertz CT molecular complexity index is 787. The average molecular weight is 272 g/mol. The van der Waals surface area contributed by atoms with Gasteiger partial charge in [-0.25, -0.2) is 4.98 Å². The lowest BCUT2D eigenvalue weighted by molar-refractivity contribution is 0.415. The standard InChI is InChI=1S/C14H12N2O2S/c1-16-8-15-12-11(7-19-13(12)14(16)17)9-3-5-10(18-2)6-4-9/h3-8H,1-2H3. The molecule has 3 rings (SSSR count). The third-order valence-electron chi connectivity index (χ3n) is 3.04. The highest BCUT2D eigenvalue weighted by Gasteiger charge is 2.11. The first-order chi connectivity index (χ1) is 9.20. The predicted octanol–water partition coefficient (Wildman–Crippen LogP) is 2.67. The summed E-state index contributed by atoms with van der Waals surface area (Å²) in [6, 6.07) is 7.75. The van der Waals surface area contributed by atoms with Crippen LogP contribution in [0, 0.1) is 0 Å². The van der Waals surface area contributed by atoms with Gasteiger partial charge in [0.15, 0.2) is 0 Å². The van der Waals surface area contributed by atoms with Crippen LogP contribution in [-0.4, -0.2) is 16.7 Å². The molecule has 0 spiro atoms. The second kappa shape index (κ2) is 4.51. The van der Waals surface area contributed by atoms with Crippen molar-refractivity contribution in [3.63, 3.8) is 0 Å². The lowest BCUT2D eigenvalue weighted by Gasteiger charge is -2.02. The number of nitrogens with zero attached hydrogens (tertiary/aromatic N) is 2. The molecule has 0 fully saturated rings. The van der Waals surface area contributed by atoms with E-state index in [0.717, 1.165) is 22.4 Å². The van der Waals surface area contributed by atoms with Crippen LogP contribution in [-0.2, 0) is 7.05 Å². The molecule has 0 atom stereocenters. The highest BCUT2D eigenvalue weighted by atomic mass is 32.1. The van der Waals surface area contributed by atoms with E-state index in [2.05, 4.69) is 4.98 Å². The molecule has 0 bridgehead atoms. The minimum absolute atomic E-state index is 0.00485. The van der Waals surface area contributed by atoms with E-state index in [1.807, 2.05) is 29.6 Å². The molecule has 2 heterocycles.